The van der Waals surface area contributed by atoms with Gasteiger partial charge in [-0.05, 0) is 49.9 Å². The number of benzene rings is 1. The zero-order valence-corrected chi connectivity index (χ0v) is 14.0. The van der Waals surface area contributed by atoms with Gasteiger partial charge in [-0.1, -0.05) is 29.8 Å². The molecule has 1 rings (SSSR count). The molecule has 1 unspecified atom stereocenters. The summed E-state index contributed by atoms with van der Waals surface area (Å²) in [5, 5.41) is 0. The maximum absolute atomic E-state index is 11.1. The first-order valence-corrected chi connectivity index (χ1v) is 7.38. The summed E-state index contributed by atoms with van der Waals surface area (Å²) >= 11 is 3.41. The summed E-state index contributed by atoms with van der Waals surface area (Å²) < 4.78 is 12.0. The number of amides is 1. The number of primary amides is 1. The average Bonchev–Trinajstić information content (AvgIpc) is 2.25. The van der Waals surface area contributed by atoms with Crippen LogP contribution in [0.2, 0.25) is 0 Å². The standard InChI is InChI=1S/C15H22BrNO3/c1-10(2)8-15(4,20-14(17)18)9-19-13-6-5-12(16)7-11(13)3/h5-7,10H,8-9H2,1-4H3,(H2,17,18). The molecule has 0 aromatic heterocycles. The van der Waals surface area contributed by atoms with Gasteiger partial charge >= 0.3 is 6.09 Å². The number of rotatable bonds is 6. The zero-order chi connectivity index (χ0) is 15.3. The quantitative estimate of drug-likeness (QED) is 0.847. The van der Waals surface area contributed by atoms with Gasteiger partial charge in [-0.2, -0.15) is 0 Å². The van der Waals surface area contributed by atoms with E-state index >= 15 is 0 Å². The van der Waals surface area contributed by atoms with Gasteiger partial charge in [-0.3, -0.25) is 0 Å². The van der Waals surface area contributed by atoms with Crippen LogP contribution >= 0.6 is 15.9 Å². The summed E-state index contributed by atoms with van der Waals surface area (Å²) in [7, 11) is 0. The molecule has 1 aromatic rings. The molecule has 0 aliphatic carbocycles. The van der Waals surface area contributed by atoms with Gasteiger partial charge in [-0.15, -0.1) is 0 Å². The van der Waals surface area contributed by atoms with Crippen LogP contribution in [0, 0.1) is 12.8 Å². The molecule has 2 N–H and O–H groups in total. The molecular formula is C15H22BrNO3. The van der Waals surface area contributed by atoms with Crippen molar-refractivity contribution in [3.8, 4) is 5.75 Å². The SMILES string of the molecule is Cc1cc(Br)ccc1OCC(C)(CC(C)C)OC(N)=O. The first kappa shape index (κ1) is 16.8. The number of ether oxygens (including phenoxy) is 2. The van der Waals surface area contributed by atoms with Crippen LogP contribution in [0.4, 0.5) is 4.79 Å². The van der Waals surface area contributed by atoms with E-state index in [0.717, 1.165) is 15.8 Å². The maximum Gasteiger partial charge on any atom is 0.405 e. The van der Waals surface area contributed by atoms with Gasteiger partial charge in [0.05, 0.1) is 0 Å². The number of carbonyl (C=O) groups excluding carboxylic acids is 1. The van der Waals surface area contributed by atoms with Gasteiger partial charge < -0.3 is 15.2 Å². The van der Waals surface area contributed by atoms with E-state index in [1.807, 2.05) is 32.0 Å². The van der Waals surface area contributed by atoms with Crippen LogP contribution in [0.3, 0.4) is 0 Å². The number of hydrogen-bond donors (Lipinski definition) is 1. The van der Waals surface area contributed by atoms with E-state index in [4.69, 9.17) is 15.2 Å². The van der Waals surface area contributed by atoms with Crippen molar-refractivity contribution in [3.63, 3.8) is 0 Å². The number of aryl methyl sites for hydroxylation is 1. The lowest BCUT2D eigenvalue weighted by Crippen LogP contribution is -2.41. The highest BCUT2D eigenvalue weighted by atomic mass is 79.9. The summed E-state index contributed by atoms with van der Waals surface area (Å²) in [6.07, 6.45) is -0.0878. The van der Waals surface area contributed by atoms with Gasteiger partial charge in [0.25, 0.3) is 0 Å². The Labute approximate surface area is 128 Å². The van der Waals surface area contributed by atoms with Gasteiger partial charge in [0, 0.05) is 4.47 Å². The molecule has 20 heavy (non-hydrogen) atoms. The van der Waals surface area contributed by atoms with Gasteiger partial charge in [0.1, 0.15) is 18.0 Å². The minimum Gasteiger partial charge on any atom is -0.489 e. The van der Waals surface area contributed by atoms with E-state index in [1.54, 1.807) is 0 Å². The minimum atomic E-state index is -0.774. The topological polar surface area (TPSA) is 61.6 Å². The largest absolute Gasteiger partial charge is 0.489 e. The second-order valence-electron chi connectivity index (χ2n) is 5.67. The predicted molar refractivity (Wildman–Crippen MR) is 82.9 cm³/mol. The fourth-order valence-electron chi connectivity index (χ4n) is 2.24. The molecule has 0 bridgehead atoms. The van der Waals surface area contributed by atoms with Crippen LogP contribution < -0.4 is 10.5 Å². The fourth-order valence-corrected chi connectivity index (χ4v) is 2.72. The predicted octanol–water partition coefficient (Wildman–Crippen LogP) is 4.04. The third kappa shape index (κ3) is 5.41. The molecule has 0 heterocycles. The molecule has 0 saturated carbocycles. The Bertz CT molecular complexity index is 476. The highest BCUT2D eigenvalue weighted by Crippen LogP contribution is 2.26. The number of halogens is 1. The smallest absolute Gasteiger partial charge is 0.405 e. The third-order valence-corrected chi connectivity index (χ3v) is 3.35. The zero-order valence-electron chi connectivity index (χ0n) is 12.4. The van der Waals surface area contributed by atoms with Gasteiger partial charge in [0.2, 0.25) is 0 Å². The first-order valence-electron chi connectivity index (χ1n) is 6.59. The molecule has 112 valence electrons. The average molecular weight is 344 g/mol. The van der Waals surface area contributed by atoms with Crippen LogP contribution in [0.1, 0.15) is 32.8 Å². The van der Waals surface area contributed by atoms with E-state index in [2.05, 4.69) is 29.8 Å². The van der Waals surface area contributed by atoms with E-state index in [1.165, 1.54) is 0 Å². The second-order valence-corrected chi connectivity index (χ2v) is 6.58. The van der Waals surface area contributed by atoms with Crippen LogP contribution in [0.25, 0.3) is 0 Å². The Hall–Kier alpha value is -1.23. The van der Waals surface area contributed by atoms with Crippen molar-refractivity contribution in [1.29, 1.82) is 0 Å². The van der Waals surface area contributed by atoms with E-state index in [0.29, 0.717) is 12.3 Å². The van der Waals surface area contributed by atoms with Crippen molar-refractivity contribution in [2.75, 3.05) is 6.61 Å². The summed E-state index contributed by atoms with van der Waals surface area (Å²) in [6.45, 7) is 8.21. The van der Waals surface area contributed by atoms with Gasteiger partial charge in [-0.25, -0.2) is 4.79 Å². The maximum atomic E-state index is 11.1. The number of carbonyl (C=O) groups is 1. The van der Waals surface area contributed by atoms with Crippen molar-refractivity contribution in [2.24, 2.45) is 11.7 Å². The Balaban J connectivity index is 2.77. The minimum absolute atomic E-state index is 0.274. The molecule has 0 aliphatic heterocycles. The number of nitrogens with two attached hydrogens (primary N) is 1. The van der Waals surface area contributed by atoms with Crippen molar-refractivity contribution in [2.45, 2.75) is 39.7 Å². The summed E-state index contributed by atoms with van der Waals surface area (Å²) in [6, 6.07) is 5.78. The first-order chi connectivity index (χ1) is 9.22. The Kier molecular flexibility index (Phi) is 5.87. The molecule has 5 heteroatoms. The monoisotopic (exact) mass is 343 g/mol. The second kappa shape index (κ2) is 6.97. The molecule has 0 spiro atoms. The molecule has 1 aromatic carbocycles. The van der Waals surface area contributed by atoms with Crippen molar-refractivity contribution >= 4 is 22.0 Å². The lowest BCUT2D eigenvalue weighted by Gasteiger charge is -2.30. The van der Waals surface area contributed by atoms with Crippen molar-refractivity contribution in [3.05, 3.63) is 28.2 Å². The van der Waals surface area contributed by atoms with Crippen LogP contribution in [0.15, 0.2) is 22.7 Å². The lowest BCUT2D eigenvalue weighted by atomic mass is 9.95. The summed E-state index contributed by atoms with van der Waals surface area (Å²) in [5.41, 5.74) is 5.45. The van der Waals surface area contributed by atoms with Crippen molar-refractivity contribution < 1.29 is 14.3 Å². The Morgan fingerprint density at radius 3 is 2.60 bits per heavy atom. The molecular weight excluding hydrogens is 322 g/mol. The van der Waals surface area contributed by atoms with Crippen LogP contribution in [-0.4, -0.2) is 18.3 Å². The van der Waals surface area contributed by atoms with Crippen LogP contribution in [0.5, 0.6) is 5.75 Å². The Morgan fingerprint density at radius 1 is 1.45 bits per heavy atom. The lowest BCUT2D eigenvalue weighted by molar-refractivity contribution is -0.0187. The summed E-state index contributed by atoms with van der Waals surface area (Å²) in [4.78, 5) is 11.1. The molecule has 1 atom stereocenters. The van der Waals surface area contributed by atoms with E-state index in [-0.39, 0.29) is 6.61 Å². The number of hydrogen-bond acceptors (Lipinski definition) is 3. The third-order valence-electron chi connectivity index (χ3n) is 2.86. The molecule has 0 fully saturated rings. The van der Waals surface area contributed by atoms with Crippen molar-refractivity contribution in [1.82, 2.24) is 0 Å². The molecule has 0 aliphatic rings. The fraction of sp³-hybridized carbons (Fsp3) is 0.533. The van der Waals surface area contributed by atoms with E-state index in [9.17, 15) is 4.79 Å². The van der Waals surface area contributed by atoms with Gasteiger partial charge in [0.15, 0.2) is 0 Å². The normalized spacial score (nSPS) is 13.9. The molecule has 0 radical (unpaired) electrons. The molecule has 0 saturated heterocycles. The Morgan fingerprint density at radius 2 is 2.10 bits per heavy atom. The highest BCUT2D eigenvalue weighted by molar-refractivity contribution is 9.10. The molecule has 4 nitrogen and oxygen atoms in total. The van der Waals surface area contributed by atoms with E-state index < -0.39 is 11.7 Å². The highest BCUT2D eigenvalue weighted by Gasteiger charge is 2.30. The van der Waals surface area contributed by atoms with Crippen LogP contribution in [-0.2, 0) is 4.74 Å². The molecule has 1 amide bonds. The summed E-state index contributed by atoms with van der Waals surface area (Å²) in [5.74, 6) is 1.14.